The Labute approximate surface area is 99.4 Å². The summed E-state index contributed by atoms with van der Waals surface area (Å²) >= 11 is 1.47. The van der Waals surface area contributed by atoms with Gasteiger partial charge in [-0.05, 0) is 5.92 Å². The van der Waals surface area contributed by atoms with Gasteiger partial charge in [0.15, 0.2) is 0 Å². The van der Waals surface area contributed by atoms with E-state index in [1.807, 2.05) is 13.8 Å². The van der Waals surface area contributed by atoms with Crippen LogP contribution in [0.25, 0.3) is 0 Å². The molecule has 1 amide bonds. The minimum atomic E-state index is -0.933. The van der Waals surface area contributed by atoms with Crippen LogP contribution in [-0.2, 0) is 9.59 Å². The van der Waals surface area contributed by atoms with E-state index < -0.39 is 12.0 Å². The highest BCUT2D eigenvalue weighted by Gasteiger charge is 2.37. The summed E-state index contributed by atoms with van der Waals surface area (Å²) in [6, 6.07) is -0.690. The number of carbonyl (C=O) groups is 2. The largest absolute Gasteiger partial charge is 0.480 e. The van der Waals surface area contributed by atoms with Crippen molar-refractivity contribution in [1.82, 2.24) is 4.90 Å². The molecule has 1 fully saturated rings. The second kappa shape index (κ2) is 5.54. The number of hydrogen-bond acceptors (Lipinski definition) is 4. The normalized spacial score (nSPS) is 22.5. The van der Waals surface area contributed by atoms with Crippen molar-refractivity contribution in [3.05, 3.63) is 0 Å². The fraction of sp³-hybridized carbons (Fsp3) is 0.800. The molecule has 3 N–H and O–H groups in total. The molecule has 0 spiro atoms. The summed E-state index contributed by atoms with van der Waals surface area (Å²) in [6.07, 6.45) is 0. The van der Waals surface area contributed by atoms with Gasteiger partial charge in [0.05, 0.1) is 11.8 Å². The predicted molar refractivity (Wildman–Crippen MR) is 63.0 cm³/mol. The molecule has 0 radical (unpaired) electrons. The highest BCUT2D eigenvalue weighted by Crippen LogP contribution is 2.25. The molecule has 6 heteroatoms. The molecule has 0 bridgehead atoms. The second-order valence-electron chi connectivity index (χ2n) is 4.25. The number of amides is 1. The molecule has 1 heterocycles. The zero-order valence-corrected chi connectivity index (χ0v) is 10.4. The topological polar surface area (TPSA) is 83.6 Å². The quantitative estimate of drug-likeness (QED) is 0.740. The van der Waals surface area contributed by atoms with Gasteiger partial charge >= 0.3 is 5.97 Å². The Hall–Kier alpha value is -0.750. The van der Waals surface area contributed by atoms with Crippen molar-refractivity contribution in [3.63, 3.8) is 0 Å². The first-order valence-corrected chi connectivity index (χ1v) is 6.45. The fourth-order valence-corrected chi connectivity index (χ4v) is 2.89. The highest BCUT2D eigenvalue weighted by molar-refractivity contribution is 7.99. The number of thioether (sulfide) groups is 1. The van der Waals surface area contributed by atoms with Crippen molar-refractivity contribution < 1.29 is 14.7 Å². The number of aliphatic carboxylic acids is 1. The van der Waals surface area contributed by atoms with E-state index in [1.54, 1.807) is 0 Å². The van der Waals surface area contributed by atoms with Crippen LogP contribution < -0.4 is 5.73 Å². The molecule has 2 atom stereocenters. The molecule has 0 aromatic rings. The molecule has 2 unspecified atom stereocenters. The molecule has 1 aliphatic heterocycles. The number of nitrogens with zero attached hydrogens (tertiary/aromatic N) is 1. The van der Waals surface area contributed by atoms with Crippen LogP contribution in [0.1, 0.15) is 13.8 Å². The minimum absolute atomic E-state index is 0.130. The van der Waals surface area contributed by atoms with Crippen LogP contribution in [0.2, 0.25) is 0 Å². The van der Waals surface area contributed by atoms with E-state index in [2.05, 4.69) is 0 Å². The molecule has 16 heavy (non-hydrogen) atoms. The fourth-order valence-electron chi connectivity index (χ4n) is 1.74. The molecule has 1 saturated heterocycles. The van der Waals surface area contributed by atoms with Crippen LogP contribution in [0.4, 0.5) is 0 Å². The van der Waals surface area contributed by atoms with Gasteiger partial charge in [0, 0.05) is 12.3 Å². The van der Waals surface area contributed by atoms with Crippen molar-refractivity contribution in [2.75, 3.05) is 18.2 Å². The number of carboxylic acid groups (broad SMARTS) is 1. The number of nitrogens with two attached hydrogens (primary N) is 1. The lowest BCUT2D eigenvalue weighted by Gasteiger charge is -2.27. The lowest BCUT2D eigenvalue weighted by Crippen LogP contribution is -2.47. The smallest absolute Gasteiger partial charge is 0.327 e. The minimum Gasteiger partial charge on any atom is -0.480 e. The molecule has 5 nitrogen and oxygen atoms in total. The Balaban J connectivity index is 2.75. The summed E-state index contributed by atoms with van der Waals surface area (Å²) in [5, 5.41) is 8.99. The Morgan fingerprint density at radius 3 is 2.62 bits per heavy atom. The third kappa shape index (κ3) is 2.68. The highest BCUT2D eigenvalue weighted by atomic mass is 32.2. The number of carboxylic acids is 1. The summed E-state index contributed by atoms with van der Waals surface area (Å²) in [7, 11) is 0. The average molecular weight is 246 g/mol. The number of hydrogen-bond donors (Lipinski definition) is 2. The maximum Gasteiger partial charge on any atom is 0.327 e. The summed E-state index contributed by atoms with van der Waals surface area (Å²) in [5.41, 5.74) is 5.56. The molecule has 92 valence electrons. The molecular weight excluding hydrogens is 228 g/mol. The van der Waals surface area contributed by atoms with Crippen LogP contribution >= 0.6 is 11.8 Å². The Bertz CT molecular complexity index is 283. The predicted octanol–water partition coefficient (Wildman–Crippen LogP) is 0.203. The summed E-state index contributed by atoms with van der Waals surface area (Å²) < 4.78 is 0. The van der Waals surface area contributed by atoms with Gasteiger partial charge in [-0.2, -0.15) is 0 Å². The van der Waals surface area contributed by atoms with Gasteiger partial charge in [0.1, 0.15) is 6.04 Å². The van der Waals surface area contributed by atoms with Crippen molar-refractivity contribution in [2.45, 2.75) is 19.9 Å². The SMILES string of the molecule is CC(C)C(CN)C(=O)N1CSCC1C(=O)O. The van der Waals surface area contributed by atoms with E-state index in [-0.39, 0.29) is 24.3 Å². The van der Waals surface area contributed by atoms with E-state index >= 15 is 0 Å². The van der Waals surface area contributed by atoms with Gasteiger partial charge in [0.25, 0.3) is 0 Å². The maximum absolute atomic E-state index is 12.1. The summed E-state index contributed by atoms with van der Waals surface area (Å²) in [5.74, 6) is -0.277. The monoisotopic (exact) mass is 246 g/mol. The lowest BCUT2D eigenvalue weighted by molar-refractivity contribution is -0.149. The zero-order valence-electron chi connectivity index (χ0n) is 9.55. The van der Waals surface area contributed by atoms with E-state index in [4.69, 9.17) is 10.8 Å². The number of carbonyl (C=O) groups excluding carboxylic acids is 1. The van der Waals surface area contributed by atoms with E-state index in [0.29, 0.717) is 11.6 Å². The third-order valence-electron chi connectivity index (χ3n) is 2.83. The molecule has 0 saturated carbocycles. The maximum atomic E-state index is 12.1. The van der Waals surface area contributed by atoms with Crippen molar-refractivity contribution in [3.8, 4) is 0 Å². The van der Waals surface area contributed by atoms with E-state index in [0.717, 1.165) is 0 Å². The summed E-state index contributed by atoms with van der Waals surface area (Å²) in [6.45, 7) is 4.12. The van der Waals surface area contributed by atoms with Crippen LogP contribution in [0, 0.1) is 11.8 Å². The van der Waals surface area contributed by atoms with Crippen LogP contribution in [0.3, 0.4) is 0 Å². The molecule has 0 aromatic carbocycles. The van der Waals surface area contributed by atoms with Gasteiger partial charge in [-0.15, -0.1) is 11.8 Å². The molecular formula is C10H18N2O3S. The molecule has 1 aliphatic rings. The van der Waals surface area contributed by atoms with Gasteiger partial charge in [-0.1, -0.05) is 13.8 Å². The Morgan fingerprint density at radius 2 is 2.19 bits per heavy atom. The van der Waals surface area contributed by atoms with E-state index in [9.17, 15) is 9.59 Å². The molecule has 0 aliphatic carbocycles. The van der Waals surface area contributed by atoms with Gasteiger partial charge < -0.3 is 15.7 Å². The Kier molecular flexibility index (Phi) is 4.61. The number of rotatable bonds is 4. The second-order valence-corrected chi connectivity index (χ2v) is 5.25. The third-order valence-corrected chi connectivity index (χ3v) is 3.84. The Morgan fingerprint density at radius 1 is 1.56 bits per heavy atom. The zero-order chi connectivity index (χ0) is 12.3. The standard InChI is InChI=1S/C10H18N2O3S/c1-6(2)7(3-11)9(13)12-5-16-4-8(12)10(14)15/h6-8H,3-5,11H2,1-2H3,(H,14,15). The van der Waals surface area contributed by atoms with Gasteiger partial charge in [-0.25, -0.2) is 4.79 Å². The molecule has 1 rings (SSSR count). The first-order valence-electron chi connectivity index (χ1n) is 5.30. The lowest BCUT2D eigenvalue weighted by atomic mass is 9.94. The van der Waals surface area contributed by atoms with Crippen molar-refractivity contribution in [1.29, 1.82) is 0 Å². The van der Waals surface area contributed by atoms with Crippen LogP contribution in [0.15, 0.2) is 0 Å². The van der Waals surface area contributed by atoms with Crippen LogP contribution in [0.5, 0.6) is 0 Å². The summed E-state index contributed by atoms with van der Waals surface area (Å²) in [4.78, 5) is 24.5. The van der Waals surface area contributed by atoms with Gasteiger partial charge in [-0.3, -0.25) is 4.79 Å². The first-order chi connectivity index (χ1) is 7.49. The van der Waals surface area contributed by atoms with Crippen molar-refractivity contribution in [2.24, 2.45) is 17.6 Å². The first kappa shape index (κ1) is 13.3. The average Bonchev–Trinajstić information content (AvgIpc) is 2.65. The van der Waals surface area contributed by atoms with Crippen LogP contribution in [-0.4, -0.2) is 46.1 Å². The van der Waals surface area contributed by atoms with E-state index in [1.165, 1.54) is 16.7 Å². The van der Waals surface area contributed by atoms with Crippen molar-refractivity contribution >= 4 is 23.6 Å². The van der Waals surface area contributed by atoms with Gasteiger partial charge in [0.2, 0.25) is 5.91 Å². The molecule has 0 aromatic heterocycles.